The molecule has 4 aromatic rings. The zero-order chi connectivity index (χ0) is 29.7. The number of aromatic nitrogens is 1. The molecule has 42 heavy (non-hydrogen) atoms. The Morgan fingerprint density at radius 1 is 0.976 bits per heavy atom. The van der Waals surface area contributed by atoms with E-state index in [0.717, 1.165) is 33.1 Å². The lowest BCUT2D eigenvalue weighted by Crippen LogP contribution is -2.33. The van der Waals surface area contributed by atoms with Gasteiger partial charge in [-0.1, -0.05) is 74.4 Å². The van der Waals surface area contributed by atoms with Crippen LogP contribution in [0.4, 0.5) is 11.4 Å². The van der Waals surface area contributed by atoms with Gasteiger partial charge in [0.1, 0.15) is 17.5 Å². The normalized spacial score (nSPS) is 19.4. The number of nitrogens with zero attached hydrogens (tertiary/aromatic N) is 2. The van der Waals surface area contributed by atoms with Gasteiger partial charge < -0.3 is 10.1 Å². The molecular formula is C29H20BrCl2N3O5S2. The van der Waals surface area contributed by atoms with Crippen LogP contribution in [-0.4, -0.2) is 34.6 Å². The fourth-order valence-electron chi connectivity index (χ4n) is 5.19. The Balaban J connectivity index is 1.40. The number of fused-ring (bicyclic) bond motifs is 2. The number of halogens is 3. The van der Waals surface area contributed by atoms with Gasteiger partial charge in [0.2, 0.25) is 17.7 Å². The fourth-order valence-corrected chi connectivity index (χ4v) is 8.52. The standard InChI is InChI=1S/C29H20BrCl2N3O5S2/c1-40-18-9-2-14(3-10-18)22-23-24(27(38)35(26(23)37)17-7-4-15(30)5-8-17)41-28-25(22)42-29(39)34(28)13-21(36)33-16-6-11-19(31)20(32)12-16/h2-12,22-24H,13H2,1H3,(H,33,36)/t22-,23-,24+/m0/s1. The molecule has 0 radical (unpaired) electrons. The maximum absolute atomic E-state index is 14.0. The maximum Gasteiger partial charge on any atom is 0.308 e. The van der Waals surface area contributed by atoms with Crippen LogP contribution in [0.3, 0.4) is 0 Å². The molecular weight excluding hydrogens is 685 g/mol. The van der Waals surface area contributed by atoms with Crippen LogP contribution in [0.25, 0.3) is 0 Å². The van der Waals surface area contributed by atoms with E-state index < -0.39 is 23.0 Å². The summed E-state index contributed by atoms with van der Waals surface area (Å²) in [7, 11) is 1.56. The number of rotatable bonds is 6. The summed E-state index contributed by atoms with van der Waals surface area (Å²) >= 11 is 17.6. The number of amides is 3. The lowest BCUT2D eigenvalue weighted by atomic mass is 9.83. The molecule has 13 heteroatoms. The highest BCUT2D eigenvalue weighted by Crippen LogP contribution is 2.54. The van der Waals surface area contributed by atoms with Crippen molar-refractivity contribution in [3.05, 3.63) is 101 Å². The van der Waals surface area contributed by atoms with Gasteiger partial charge >= 0.3 is 4.87 Å². The molecule has 3 atom stereocenters. The van der Waals surface area contributed by atoms with Crippen molar-refractivity contribution in [2.75, 3.05) is 17.3 Å². The lowest BCUT2D eigenvalue weighted by molar-refractivity contribution is -0.122. The van der Waals surface area contributed by atoms with E-state index in [4.69, 9.17) is 27.9 Å². The van der Waals surface area contributed by atoms with Gasteiger partial charge in [0, 0.05) is 21.0 Å². The molecule has 1 aromatic heterocycles. The van der Waals surface area contributed by atoms with Gasteiger partial charge in [-0.25, -0.2) is 4.90 Å². The van der Waals surface area contributed by atoms with Crippen molar-refractivity contribution in [1.82, 2.24) is 4.57 Å². The van der Waals surface area contributed by atoms with E-state index in [9.17, 15) is 19.2 Å². The van der Waals surface area contributed by atoms with E-state index in [0.29, 0.717) is 32.1 Å². The summed E-state index contributed by atoms with van der Waals surface area (Å²) in [6.07, 6.45) is 0. The number of imide groups is 1. The van der Waals surface area contributed by atoms with Gasteiger partial charge in [-0.15, -0.1) is 0 Å². The first-order valence-electron chi connectivity index (χ1n) is 12.6. The molecule has 0 saturated carbocycles. The minimum Gasteiger partial charge on any atom is -0.497 e. The number of carbonyl (C=O) groups excluding carboxylic acids is 3. The number of hydrogen-bond acceptors (Lipinski definition) is 7. The summed E-state index contributed by atoms with van der Waals surface area (Å²) in [4.78, 5) is 55.7. The van der Waals surface area contributed by atoms with Gasteiger partial charge in [-0.05, 0) is 60.2 Å². The number of nitrogens with one attached hydrogen (secondary N) is 1. The highest BCUT2D eigenvalue weighted by Gasteiger charge is 2.56. The Bertz CT molecular complexity index is 1790. The topological polar surface area (TPSA) is 97.7 Å². The molecule has 0 spiro atoms. The second-order valence-electron chi connectivity index (χ2n) is 9.60. The van der Waals surface area contributed by atoms with Gasteiger partial charge in [0.25, 0.3) is 0 Å². The molecule has 6 rings (SSSR count). The van der Waals surface area contributed by atoms with E-state index in [1.165, 1.54) is 15.5 Å². The average molecular weight is 705 g/mol. The van der Waals surface area contributed by atoms with Crippen LogP contribution in [0, 0.1) is 5.92 Å². The molecule has 1 fully saturated rings. The molecule has 0 bridgehead atoms. The molecule has 1 saturated heterocycles. The number of benzene rings is 3. The molecule has 2 aliphatic rings. The third-order valence-electron chi connectivity index (χ3n) is 7.11. The average Bonchev–Trinajstić information content (AvgIpc) is 3.41. The largest absolute Gasteiger partial charge is 0.497 e. The van der Waals surface area contributed by atoms with Crippen LogP contribution >= 0.6 is 62.2 Å². The van der Waals surface area contributed by atoms with Crippen molar-refractivity contribution in [3.63, 3.8) is 0 Å². The van der Waals surface area contributed by atoms with Gasteiger partial charge in [-0.3, -0.25) is 23.7 Å². The predicted molar refractivity (Wildman–Crippen MR) is 168 cm³/mol. The monoisotopic (exact) mass is 703 g/mol. The zero-order valence-electron chi connectivity index (χ0n) is 21.7. The Hall–Kier alpha value is -3.09. The third kappa shape index (κ3) is 5.17. The molecule has 0 unspecified atom stereocenters. The van der Waals surface area contributed by atoms with Crippen molar-refractivity contribution in [1.29, 1.82) is 0 Å². The minimum absolute atomic E-state index is 0.281. The predicted octanol–water partition coefficient (Wildman–Crippen LogP) is 6.42. The maximum atomic E-state index is 14.0. The molecule has 3 heterocycles. The first kappa shape index (κ1) is 29.0. The van der Waals surface area contributed by atoms with Crippen LogP contribution in [0.15, 0.2) is 81.0 Å². The number of thiazole rings is 1. The smallest absolute Gasteiger partial charge is 0.308 e. The van der Waals surface area contributed by atoms with Crippen molar-refractivity contribution in [2.45, 2.75) is 22.7 Å². The number of methoxy groups -OCH3 is 1. The van der Waals surface area contributed by atoms with Crippen molar-refractivity contribution < 1.29 is 19.1 Å². The molecule has 0 aliphatic carbocycles. The summed E-state index contributed by atoms with van der Waals surface area (Å²) < 4.78 is 7.50. The number of hydrogen-bond donors (Lipinski definition) is 1. The highest BCUT2D eigenvalue weighted by molar-refractivity contribution is 9.10. The Morgan fingerprint density at radius 2 is 1.69 bits per heavy atom. The summed E-state index contributed by atoms with van der Waals surface area (Å²) in [5.74, 6) is -1.85. The molecule has 3 amide bonds. The van der Waals surface area contributed by atoms with Crippen molar-refractivity contribution >= 4 is 91.3 Å². The first-order valence-corrected chi connectivity index (χ1v) is 15.8. The summed E-state index contributed by atoms with van der Waals surface area (Å²) in [6, 6.07) is 18.9. The SMILES string of the molecule is COc1ccc([C@@H]2c3sc(=O)n(CC(=O)Nc4ccc(Cl)c(Cl)c4)c3S[C@H]3C(=O)N(c4ccc(Br)cc4)C(=O)[C@@H]23)cc1. The number of carbonyl (C=O) groups is 3. The van der Waals surface area contributed by atoms with Crippen LogP contribution in [0.1, 0.15) is 16.4 Å². The number of anilines is 2. The third-order valence-corrected chi connectivity index (χ3v) is 11.0. The molecule has 8 nitrogen and oxygen atoms in total. The Kier molecular flexibility index (Phi) is 7.97. The van der Waals surface area contributed by atoms with Gasteiger partial charge in [0.05, 0.1) is 33.8 Å². The molecule has 2 aliphatic heterocycles. The fraction of sp³-hybridized carbons (Fsp3) is 0.172. The lowest BCUT2D eigenvalue weighted by Gasteiger charge is -2.30. The number of ether oxygens (including phenoxy) is 1. The summed E-state index contributed by atoms with van der Waals surface area (Å²) in [5.41, 5.74) is 1.66. The second kappa shape index (κ2) is 11.5. The molecule has 3 aromatic carbocycles. The summed E-state index contributed by atoms with van der Waals surface area (Å²) in [5, 5.41) is 3.07. The van der Waals surface area contributed by atoms with E-state index in [1.807, 2.05) is 12.1 Å². The van der Waals surface area contributed by atoms with Crippen LogP contribution in [-0.2, 0) is 20.9 Å². The van der Waals surface area contributed by atoms with Gasteiger partial charge in [-0.2, -0.15) is 0 Å². The quantitative estimate of drug-likeness (QED) is 0.233. The molecule has 1 N–H and O–H groups in total. The van der Waals surface area contributed by atoms with E-state index >= 15 is 0 Å². The first-order chi connectivity index (χ1) is 20.2. The summed E-state index contributed by atoms with van der Waals surface area (Å²) in [6.45, 7) is -0.288. The highest BCUT2D eigenvalue weighted by atomic mass is 79.9. The number of thioether (sulfide) groups is 1. The van der Waals surface area contributed by atoms with Gasteiger partial charge in [0.15, 0.2) is 0 Å². The van der Waals surface area contributed by atoms with E-state index in [2.05, 4.69) is 21.2 Å². The van der Waals surface area contributed by atoms with Crippen molar-refractivity contribution in [2.24, 2.45) is 5.92 Å². The van der Waals surface area contributed by atoms with E-state index in [-0.39, 0.29) is 28.3 Å². The Morgan fingerprint density at radius 3 is 2.36 bits per heavy atom. The second-order valence-corrected chi connectivity index (χ2v) is 13.5. The minimum atomic E-state index is -0.792. The van der Waals surface area contributed by atoms with Crippen LogP contribution < -0.4 is 19.8 Å². The van der Waals surface area contributed by atoms with Crippen LogP contribution in [0.2, 0.25) is 10.0 Å². The Labute approximate surface area is 266 Å². The van der Waals surface area contributed by atoms with Crippen molar-refractivity contribution in [3.8, 4) is 5.75 Å². The van der Waals surface area contributed by atoms with E-state index in [1.54, 1.807) is 55.6 Å². The molecule has 214 valence electrons. The van der Waals surface area contributed by atoms with Crippen LogP contribution in [0.5, 0.6) is 5.75 Å². The zero-order valence-corrected chi connectivity index (χ0v) is 26.4.